The Labute approximate surface area is 55.5 Å². The van der Waals surface area contributed by atoms with Gasteiger partial charge in [0.15, 0.2) is 0 Å². The summed E-state index contributed by atoms with van der Waals surface area (Å²) in [5.74, 6) is 0. The van der Waals surface area contributed by atoms with E-state index in [0.29, 0.717) is 0 Å². The van der Waals surface area contributed by atoms with Gasteiger partial charge >= 0.3 is 0 Å². The molecule has 0 aromatic carbocycles. The molecule has 0 amide bonds. The summed E-state index contributed by atoms with van der Waals surface area (Å²) in [7, 11) is 1.64. The summed E-state index contributed by atoms with van der Waals surface area (Å²) in [6, 6.07) is 0. The molecule has 0 bridgehead atoms. The van der Waals surface area contributed by atoms with Crippen molar-refractivity contribution in [1.29, 1.82) is 0 Å². The number of hydrogen-bond donors (Lipinski definition) is 0. The molecule has 0 aromatic rings. The van der Waals surface area contributed by atoms with Crippen molar-refractivity contribution in [3.8, 4) is 0 Å². The Bertz CT molecular complexity index is 108. The first-order valence-electron chi connectivity index (χ1n) is 3.04. The van der Waals surface area contributed by atoms with Crippen LogP contribution in [-0.4, -0.2) is 24.1 Å². The van der Waals surface area contributed by atoms with Gasteiger partial charge in [-0.25, -0.2) is 4.84 Å². The highest BCUT2D eigenvalue weighted by atomic mass is 17.0. The molecule has 1 unspecified atom stereocenters. The van der Waals surface area contributed by atoms with E-state index < -0.39 is 0 Å². The predicted molar refractivity (Wildman–Crippen MR) is 33.5 cm³/mol. The van der Waals surface area contributed by atoms with Crippen LogP contribution in [0.1, 0.15) is 20.8 Å². The zero-order valence-corrected chi connectivity index (χ0v) is 6.34. The van der Waals surface area contributed by atoms with Gasteiger partial charge < -0.3 is 4.74 Å². The van der Waals surface area contributed by atoms with Crippen LogP contribution in [0.5, 0.6) is 0 Å². The third kappa shape index (κ3) is 1.41. The zero-order valence-electron chi connectivity index (χ0n) is 6.34. The molecule has 0 saturated carbocycles. The van der Waals surface area contributed by atoms with E-state index in [1.54, 1.807) is 7.11 Å². The van der Waals surface area contributed by atoms with Crippen LogP contribution < -0.4 is 0 Å². The van der Waals surface area contributed by atoms with Crippen LogP contribution >= 0.6 is 0 Å². The van der Waals surface area contributed by atoms with Crippen molar-refractivity contribution < 1.29 is 9.57 Å². The monoisotopic (exact) mass is 131 g/mol. The number of nitrogens with zero attached hydrogens (tertiary/aromatic N) is 1. The summed E-state index contributed by atoms with van der Waals surface area (Å²) in [4.78, 5) is 5.04. The third-order valence-corrected chi connectivity index (χ3v) is 1.21. The number of hydroxylamine groups is 2. The van der Waals surface area contributed by atoms with E-state index in [2.05, 4.69) is 20.8 Å². The fraction of sp³-hybridized carbons (Fsp3) is 1.00. The van der Waals surface area contributed by atoms with E-state index in [4.69, 9.17) is 9.57 Å². The number of methoxy groups -OCH3 is 1. The number of rotatable bonds is 1. The standard InChI is InChI=1S/C6H13NO2/c1-6(2,3)7-5(8-4)9-7/h5H,1-4H3/t5-,7?/m1/s1. The summed E-state index contributed by atoms with van der Waals surface area (Å²) in [5.41, 5.74) is 0.0701. The van der Waals surface area contributed by atoms with Crippen molar-refractivity contribution >= 4 is 0 Å². The molecule has 1 saturated heterocycles. The summed E-state index contributed by atoms with van der Waals surface area (Å²) >= 11 is 0. The molecular weight excluding hydrogens is 118 g/mol. The van der Waals surface area contributed by atoms with E-state index in [-0.39, 0.29) is 12.0 Å². The Morgan fingerprint density at radius 2 is 2.00 bits per heavy atom. The van der Waals surface area contributed by atoms with Crippen LogP contribution in [0.15, 0.2) is 0 Å². The SMILES string of the molecule is CO[C@@H]1ON1C(C)(C)C. The molecule has 2 atom stereocenters. The van der Waals surface area contributed by atoms with Crippen LogP contribution in [0, 0.1) is 0 Å². The maximum atomic E-state index is 5.04. The zero-order chi connectivity index (χ0) is 7.07. The molecule has 1 aliphatic heterocycles. The van der Waals surface area contributed by atoms with E-state index >= 15 is 0 Å². The maximum Gasteiger partial charge on any atom is 0.259 e. The van der Waals surface area contributed by atoms with Gasteiger partial charge in [-0.2, -0.15) is 0 Å². The molecule has 54 valence electrons. The van der Waals surface area contributed by atoms with Gasteiger partial charge in [0.25, 0.3) is 6.41 Å². The second-order valence-corrected chi connectivity index (χ2v) is 3.14. The molecule has 0 spiro atoms. The normalized spacial score (nSPS) is 34.7. The molecule has 3 heteroatoms. The fourth-order valence-electron chi connectivity index (χ4n) is 0.683. The van der Waals surface area contributed by atoms with Crippen molar-refractivity contribution in [2.45, 2.75) is 32.7 Å². The highest BCUT2D eigenvalue weighted by molar-refractivity contribution is 4.75. The van der Waals surface area contributed by atoms with Gasteiger partial charge in [0.2, 0.25) is 0 Å². The van der Waals surface area contributed by atoms with Gasteiger partial charge in [-0.05, 0) is 20.8 Å². The molecule has 1 aliphatic rings. The highest BCUT2D eigenvalue weighted by Crippen LogP contribution is 2.30. The van der Waals surface area contributed by atoms with Crippen molar-refractivity contribution in [1.82, 2.24) is 5.06 Å². The molecule has 1 rings (SSSR count). The van der Waals surface area contributed by atoms with Gasteiger partial charge in [-0.15, -0.1) is 5.06 Å². The second kappa shape index (κ2) is 1.94. The average Bonchev–Trinajstić information content (AvgIpc) is 2.39. The Morgan fingerprint density at radius 1 is 1.44 bits per heavy atom. The Balaban J connectivity index is 2.33. The third-order valence-electron chi connectivity index (χ3n) is 1.21. The summed E-state index contributed by atoms with van der Waals surface area (Å²) in [6.45, 7) is 6.23. The first kappa shape index (κ1) is 6.99. The second-order valence-electron chi connectivity index (χ2n) is 3.14. The van der Waals surface area contributed by atoms with E-state index in [1.165, 1.54) is 0 Å². The molecule has 1 heterocycles. The van der Waals surface area contributed by atoms with Crippen molar-refractivity contribution in [2.24, 2.45) is 0 Å². The van der Waals surface area contributed by atoms with Crippen molar-refractivity contribution in [3.05, 3.63) is 0 Å². The lowest BCUT2D eigenvalue weighted by Crippen LogP contribution is -2.27. The van der Waals surface area contributed by atoms with Gasteiger partial charge in [0, 0.05) is 12.6 Å². The minimum absolute atomic E-state index is 0.0701. The average molecular weight is 131 g/mol. The Hall–Kier alpha value is -0.120. The Morgan fingerprint density at radius 3 is 2.11 bits per heavy atom. The number of hydrogen-bond acceptors (Lipinski definition) is 3. The van der Waals surface area contributed by atoms with Gasteiger partial charge in [-0.3, -0.25) is 0 Å². The largest absolute Gasteiger partial charge is 0.340 e. The summed E-state index contributed by atoms with van der Waals surface area (Å²) < 4.78 is 4.90. The first-order valence-corrected chi connectivity index (χ1v) is 3.04. The first-order chi connectivity index (χ1) is 4.05. The minimum atomic E-state index is -0.106. The topological polar surface area (TPSA) is 24.8 Å². The quantitative estimate of drug-likeness (QED) is 0.495. The predicted octanol–water partition coefficient (Wildman–Crippen LogP) is 0.962. The molecular formula is C6H13NO2. The maximum absolute atomic E-state index is 5.04. The number of ether oxygens (including phenoxy) is 1. The van der Waals surface area contributed by atoms with Crippen molar-refractivity contribution in [2.75, 3.05) is 7.11 Å². The Kier molecular flexibility index (Phi) is 1.50. The van der Waals surface area contributed by atoms with Crippen LogP contribution in [0.25, 0.3) is 0 Å². The molecule has 9 heavy (non-hydrogen) atoms. The lowest BCUT2D eigenvalue weighted by molar-refractivity contribution is 0.0941. The van der Waals surface area contributed by atoms with Crippen LogP contribution in [0.3, 0.4) is 0 Å². The van der Waals surface area contributed by atoms with E-state index in [9.17, 15) is 0 Å². The lowest BCUT2D eigenvalue weighted by Gasteiger charge is -2.15. The molecule has 0 N–H and O–H groups in total. The molecule has 0 aromatic heterocycles. The molecule has 0 radical (unpaired) electrons. The fourth-order valence-corrected chi connectivity index (χ4v) is 0.683. The van der Waals surface area contributed by atoms with E-state index in [0.717, 1.165) is 0 Å². The van der Waals surface area contributed by atoms with Gasteiger partial charge in [0.05, 0.1) is 0 Å². The van der Waals surface area contributed by atoms with Gasteiger partial charge in [0.1, 0.15) is 0 Å². The smallest absolute Gasteiger partial charge is 0.259 e. The van der Waals surface area contributed by atoms with Gasteiger partial charge in [-0.1, -0.05) is 0 Å². The minimum Gasteiger partial charge on any atom is -0.340 e. The summed E-state index contributed by atoms with van der Waals surface area (Å²) in [5, 5.41) is 1.81. The van der Waals surface area contributed by atoms with Crippen LogP contribution in [0.2, 0.25) is 0 Å². The molecule has 0 aliphatic carbocycles. The van der Waals surface area contributed by atoms with Crippen LogP contribution in [-0.2, 0) is 9.57 Å². The summed E-state index contributed by atoms with van der Waals surface area (Å²) in [6.07, 6.45) is -0.106. The van der Waals surface area contributed by atoms with E-state index in [1.807, 2.05) is 5.06 Å². The highest BCUT2D eigenvalue weighted by Gasteiger charge is 2.45. The lowest BCUT2D eigenvalue weighted by atomic mass is 10.1. The molecule has 3 nitrogen and oxygen atoms in total. The molecule has 1 fully saturated rings. The van der Waals surface area contributed by atoms with Crippen molar-refractivity contribution in [3.63, 3.8) is 0 Å². The van der Waals surface area contributed by atoms with Crippen LogP contribution in [0.4, 0.5) is 0 Å².